The molecule has 0 aliphatic carbocycles. The summed E-state index contributed by atoms with van der Waals surface area (Å²) in [4.78, 5) is 0. The molecule has 2 heterocycles. The summed E-state index contributed by atoms with van der Waals surface area (Å²) in [6, 6.07) is 25.9. The third-order valence-electron chi connectivity index (χ3n) is 5.33. The summed E-state index contributed by atoms with van der Waals surface area (Å²) in [5.41, 5.74) is 2.64. The standard InChI is InChI=1S/2C12H10N.C3H6.2ClH.Zr/c2*1-13-7-6-11-10-5-3-2-4-9(10)8-12(11)13;1-3-2;;;/h2*2-8H,1H3;1-2H3;2*1H;/q2*-1;;;;+2/p-2. The van der Waals surface area contributed by atoms with Gasteiger partial charge in [0.15, 0.2) is 0 Å². The van der Waals surface area contributed by atoms with Gasteiger partial charge in [-0.15, -0.1) is 80.8 Å². The summed E-state index contributed by atoms with van der Waals surface area (Å²) in [6.45, 7) is 4.25. The summed E-state index contributed by atoms with van der Waals surface area (Å²) in [5, 5.41) is 8.11. The van der Waals surface area contributed by atoms with Crippen molar-refractivity contribution < 1.29 is 49.0 Å². The maximum absolute atomic E-state index is 2.24. The second-order valence-corrected chi connectivity index (χ2v) is 10.4. The van der Waals surface area contributed by atoms with Crippen LogP contribution < -0.4 is 24.8 Å². The molecule has 6 rings (SSSR count). The van der Waals surface area contributed by atoms with E-state index in [0.717, 1.165) is 0 Å². The predicted molar refractivity (Wildman–Crippen MR) is 128 cm³/mol. The SMILES string of the molecule is C[C](C)=[Zr+2].Cn1ccc2c3ccccc3[cH-]c21.Cn1ccc2c3ccccc3[cH-]c21.[Cl-].[Cl-]. The van der Waals surface area contributed by atoms with Gasteiger partial charge in [-0.3, -0.25) is 0 Å². The summed E-state index contributed by atoms with van der Waals surface area (Å²) in [5.74, 6) is 0. The van der Waals surface area contributed by atoms with E-state index < -0.39 is 0 Å². The molecule has 0 spiro atoms. The normalized spacial score (nSPS) is 10.2. The third kappa shape index (κ3) is 5.34. The molecule has 0 bridgehead atoms. The van der Waals surface area contributed by atoms with E-state index in [2.05, 4.69) is 122 Å². The molecule has 4 aromatic carbocycles. The van der Waals surface area contributed by atoms with Crippen LogP contribution in [0.15, 0.2) is 85.2 Å². The number of nitrogens with zero attached hydrogens (tertiary/aromatic N) is 2. The van der Waals surface area contributed by atoms with Gasteiger partial charge >= 0.3 is 41.3 Å². The summed E-state index contributed by atoms with van der Waals surface area (Å²) in [7, 11) is 4.17. The molecule has 164 valence electrons. The fourth-order valence-corrected chi connectivity index (χ4v) is 3.93. The first-order chi connectivity index (χ1) is 14.5. The molecule has 0 aliphatic rings. The molecule has 0 aliphatic heterocycles. The third-order valence-corrected chi connectivity index (χ3v) is 5.33. The molecule has 0 N–H and O–H groups in total. The van der Waals surface area contributed by atoms with Crippen LogP contribution in [0.25, 0.3) is 43.4 Å². The largest absolute Gasteiger partial charge is 1.00 e. The summed E-state index contributed by atoms with van der Waals surface area (Å²) < 4.78 is 5.83. The van der Waals surface area contributed by atoms with Crippen molar-refractivity contribution in [2.75, 3.05) is 0 Å². The van der Waals surface area contributed by atoms with Crippen molar-refractivity contribution in [1.29, 1.82) is 0 Å². The predicted octanol–water partition coefficient (Wildman–Crippen LogP) is 0.854. The monoisotopic (exact) mass is 538 g/mol. The Bertz CT molecular complexity index is 1350. The molecule has 32 heavy (non-hydrogen) atoms. The Hall–Kier alpha value is -1.93. The van der Waals surface area contributed by atoms with Gasteiger partial charge in [0.1, 0.15) is 0 Å². The minimum atomic E-state index is 0. The van der Waals surface area contributed by atoms with Crippen molar-refractivity contribution in [2.24, 2.45) is 14.1 Å². The minimum absolute atomic E-state index is 0. The van der Waals surface area contributed by atoms with E-state index >= 15 is 0 Å². The Kier molecular flexibility index (Phi) is 9.28. The fourth-order valence-electron chi connectivity index (χ4n) is 3.93. The van der Waals surface area contributed by atoms with Crippen LogP contribution in [-0.4, -0.2) is 12.3 Å². The maximum atomic E-state index is 2.24. The first-order valence-corrected chi connectivity index (χ1v) is 11.4. The molecular weight excluding hydrogens is 514 g/mol. The molecule has 0 atom stereocenters. The van der Waals surface area contributed by atoms with Crippen molar-refractivity contribution in [1.82, 2.24) is 9.13 Å². The number of hydrogen-bond donors (Lipinski definition) is 0. The molecule has 0 unspecified atom stereocenters. The Morgan fingerprint density at radius 1 is 0.625 bits per heavy atom. The van der Waals surface area contributed by atoms with Gasteiger partial charge in [0.25, 0.3) is 0 Å². The number of rotatable bonds is 0. The molecule has 5 heteroatoms. The van der Waals surface area contributed by atoms with Crippen LogP contribution in [0, 0.1) is 0 Å². The van der Waals surface area contributed by atoms with Crippen molar-refractivity contribution in [3.8, 4) is 0 Å². The van der Waals surface area contributed by atoms with Gasteiger partial charge in [-0.1, -0.05) is 24.3 Å². The minimum Gasteiger partial charge on any atom is -1.00 e. The average Bonchev–Trinajstić information content (AvgIpc) is 3.45. The van der Waals surface area contributed by atoms with Crippen molar-refractivity contribution >= 4 is 46.6 Å². The maximum Gasteiger partial charge on any atom is 0.00947 e. The van der Waals surface area contributed by atoms with E-state index in [1.54, 1.807) is 24.2 Å². The zero-order valence-corrected chi connectivity index (χ0v) is 22.7. The van der Waals surface area contributed by atoms with Gasteiger partial charge in [-0.25, -0.2) is 0 Å². The topological polar surface area (TPSA) is 9.86 Å². The van der Waals surface area contributed by atoms with Crippen LogP contribution in [0.5, 0.6) is 0 Å². The van der Waals surface area contributed by atoms with Crippen LogP contribution in [0.4, 0.5) is 0 Å². The van der Waals surface area contributed by atoms with E-state index in [1.807, 2.05) is 0 Å². The molecular formula is C27H26Cl2N2Zr-2. The number of hydrogen-bond acceptors (Lipinski definition) is 0. The number of fused-ring (bicyclic) bond motifs is 6. The van der Waals surface area contributed by atoms with Crippen LogP contribution >= 0.6 is 0 Å². The van der Waals surface area contributed by atoms with Crippen LogP contribution in [-0.2, 0) is 38.3 Å². The quantitative estimate of drug-likeness (QED) is 0.253. The van der Waals surface area contributed by atoms with Gasteiger partial charge < -0.3 is 33.9 Å². The van der Waals surface area contributed by atoms with Crippen molar-refractivity contribution in [3.05, 3.63) is 85.2 Å². The Balaban J connectivity index is 0.000000185. The Morgan fingerprint density at radius 2 is 0.969 bits per heavy atom. The molecule has 2 aromatic heterocycles. The zero-order valence-electron chi connectivity index (χ0n) is 18.7. The van der Waals surface area contributed by atoms with E-state index in [4.69, 9.17) is 0 Å². The number of halogens is 2. The second-order valence-electron chi connectivity index (χ2n) is 7.91. The van der Waals surface area contributed by atoms with Crippen LogP contribution in [0.1, 0.15) is 13.8 Å². The van der Waals surface area contributed by atoms with Gasteiger partial charge in [0.05, 0.1) is 0 Å². The average molecular weight is 541 g/mol. The summed E-state index contributed by atoms with van der Waals surface area (Å²) in [6.07, 6.45) is 4.22. The summed E-state index contributed by atoms with van der Waals surface area (Å²) >= 11 is 1.55. The zero-order chi connectivity index (χ0) is 21.3. The first-order valence-electron chi connectivity index (χ1n) is 10.2. The van der Waals surface area contributed by atoms with Gasteiger partial charge in [-0.05, 0) is 23.4 Å². The number of aromatic nitrogens is 2. The Morgan fingerprint density at radius 3 is 1.34 bits per heavy atom. The molecule has 2 nitrogen and oxygen atoms in total. The van der Waals surface area contributed by atoms with E-state index in [1.165, 1.54) is 46.6 Å². The van der Waals surface area contributed by atoms with Crippen molar-refractivity contribution in [2.45, 2.75) is 13.8 Å². The molecule has 0 saturated heterocycles. The van der Waals surface area contributed by atoms with E-state index in [-0.39, 0.29) is 24.8 Å². The fraction of sp³-hybridized carbons (Fsp3) is 0.148. The molecule has 0 fully saturated rings. The van der Waals surface area contributed by atoms with E-state index in [0.29, 0.717) is 0 Å². The van der Waals surface area contributed by atoms with Gasteiger partial charge in [-0.2, -0.15) is 0 Å². The smallest absolute Gasteiger partial charge is 0.00947 e. The van der Waals surface area contributed by atoms with Gasteiger partial charge in [0, 0.05) is 14.1 Å². The van der Waals surface area contributed by atoms with Crippen molar-refractivity contribution in [3.63, 3.8) is 0 Å². The Labute approximate surface area is 216 Å². The van der Waals surface area contributed by atoms with Crippen LogP contribution in [0.3, 0.4) is 0 Å². The number of aryl methyl sites for hydroxylation is 2. The molecule has 0 amide bonds. The molecule has 6 aromatic rings. The molecule has 0 saturated carbocycles. The first kappa shape index (κ1) is 26.3. The van der Waals surface area contributed by atoms with Crippen LogP contribution in [0.2, 0.25) is 0 Å². The second kappa shape index (κ2) is 11.3. The molecule has 0 radical (unpaired) electrons. The van der Waals surface area contributed by atoms with Gasteiger partial charge in [0.2, 0.25) is 0 Å². The number of benzene rings is 2. The van der Waals surface area contributed by atoms with E-state index in [9.17, 15) is 0 Å².